The van der Waals surface area contributed by atoms with Gasteiger partial charge in [-0.15, -0.1) is 0 Å². The zero-order valence-electron chi connectivity index (χ0n) is 21.7. The average Bonchev–Trinajstić information content (AvgIpc) is 3.43. The lowest BCUT2D eigenvalue weighted by Crippen LogP contribution is -2.37. The predicted octanol–water partition coefficient (Wildman–Crippen LogP) is 5.24. The van der Waals surface area contributed by atoms with Crippen LogP contribution >= 0.6 is 11.6 Å². The molecule has 1 atom stereocenters. The van der Waals surface area contributed by atoms with Crippen molar-refractivity contribution in [2.24, 2.45) is 0 Å². The summed E-state index contributed by atoms with van der Waals surface area (Å²) in [6, 6.07) is 16.3. The molecule has 0 unspecified atom stereocenters. The number of fused-ring (bicyclic) bond motifs is 2. The molecule has 4 aromatic rings. The molecule has 10 heteroatoms. The lowest BCUT2D eigenvalue weighted by Gasteiger charge is -2.20. The molecule has 0 fully saturated rings. The van der Waals surface area contributed by atoms with Gasteiger partial charge in [-0.2, -0.15) is 0 Å². The van der Waals surface area contributed by atoms with Crippen molar-refractivity contribution in [3.8, 4) is 11.5 Å². The van der Waals surface area contributed by atoms with Crippen LogP contribution in [0, 0.1) is 0 Å². The van der Waals surface area contributed by atoms with Gasteiger partial charge in [-0.25, -0.2) is 4.79 Å². The number of urea groups is 1. The number of carbonyl (C=O) groups is 2. The third-order valence-corrected chi connectivity index (χ3v) is 7.55. The van der Waals surface area contributed by atoms with Gasteiger partial charge in [0.2, 0.25) is 0 Å². The van der Waals surface area contributed by atoms with E-state index < -0.39 is 23.6 Å². The number of nitrogens with zero attached hydrogens (tertiary/aromatic N) is 1. The number of aromatic hydroxyl groups is 1. The number of hydrogen-bond acceptors (Lipinski definition) is 5. The molecule has 9 nitrogen and oxygen atoms in total. The maximum atomic E-state index is 13.5. The molecule has 0 radical (unpaired) electrons. The highest BCUT2D eigenvalue weighted by molar-refractivity contribution is 6.31. The van der Waals surface area contributed by atoms with Crippen molar-refractivity contribution in [2.75, 3.05) is 12.4 Å². The molecule has 0 bridgehead atoms. The van der Waals surface area contributed by atoms with Crippen LogP contribution < -0.4 is 20.9 Å². The van der Waals surface area contributed by atoms with Gasteiger partial charge in [0.1, 0.15) is 11.5 Å². The Hall–Kier alpha value is -4.50. The first-order valence-corrected chi connectivity index (χ1v) is 13.2. The number of nitrogens with one attached hydrogen (secondary N) is 2. The predicted molar refractivity (Wildman–Crippen MR) is 153 cm³/mol. The van der Waals surface area contributed by atoms with Gasteiger partial charge in [0.25, 0.3) is 5.56 Å². The third-order valence-electron chi connectivity index (χ3n) is 7.18. The monoisotopic (exact) mass is 561 g/mol. The lowest BCUT2D eigenvalue weighted by atomic mass is 9.99. The maximum Gasteiger partial charge on any atom is 0.319 e. The molecule has 0 aliphatic heterocycles. The fourth-order valence-corrected chi connectivity index (χ4v) is 5.38. The van der Waals surface area contributed by atoms with E-state index in [2.05, 4.69) is 10.6 Å². The number of pyridine rings is 1. The van der Waals surface area contributed by atoms with Crippen LogP contribution in [0.4, 0.5) is 10.5 Å². The minimum Gasteiger partial charge on any atom is -0.505 e. The lowest BCUT2D eigenvalue weighted by molar-refractivity contribution is -0.137. The van der Waals surface area contributed by atoms with E-state index in [4.69, 9.17) is 16.3 Å². The van der Waals surface area contributed by atoms with Gasteiger partial charge in [0.15, 0.2) is 5.69 Å². The summed E-state index contributed by atoms with van der Waals surface area (Å²) in [6.07, 6.45) is 1.55. The number of aliphatic carboxylic acids is 1. The Labute approximate surface area is 235 Å². The second-order valence-corrected chi connectivity index (χ2v) is 10.1. The molecule has 1 heterocycles. The molecule has 1 aliphatic carbocycles. The van der Waals surface area contributed by atoms with Crippen molar-refractivity contribution in [2.45, 2.75) is 38.3 Å². The van der Waals surface area contributed by atoms with Crippen molar-refractivity contribution in [3.05, 3.63) is 98.4 Å². The second kappa shape index (κ2) is 11.3. The number of amides is 2. The number of carbonyl (C=O) groups excluding carboxylic acids is 1. The zero-order chi connectivity index (χ0) is 28.4. The molecule has 0 saturated heterocycles. The largest absolute Gasteiger partial charge is 0.505 e. The van der Waals surface area contributed by atoms with Gasteiger partial charge < -0.3 is 30.2 Å². The summed E-state index contributed by atoms with van der Waals surface area (Å²) in [5.41, 5.74) is 1.80. The van der Waals surface area contributed by atoms with Crippen LogP contribution in [0.5, 0.6) is 11.5 Å². The molecule has 40 heavy (non-hydrogen) atoms. The summed E-state index contributed by atoms with van der Waals surface area (Å²) in [6.45, 7) is 0.181. The molecule has 0 spiro atoms. The third kappa shape index (κ3) is 5.46. The van der Waals surface area contributed by atoms with Gasteiger partial charge in [-0.05, 0) is 65.4 Å². The molecule has 4 N–H and O–H groups in total. The smallest absolute Gasteiger partial charge is 0.319 e. The summed E-state index contributed by atoms with van der Waals surface area (Å²) in [5, 5.41) is 27.9. The summed E-state index contributed by atoms with van der Waals surface area (Å²) in [5.74, 6) is -0.686. The van der Waals surface area contributed by atoms with Crippen LogP contribution in [0.15, 0.2) is 65.5 Å². The molecule has 5 rings (SSSR count). The number of carboxylic acids is 1. The van der Waals surface area contributed by atoms with E-state index in [1.165, 1.54) is 4.57 Å². The van der Waals surface area contributed by atoms with Crippen LogP contribution in [0.3, 0.4) is 0 Å². The summed E-state index contributed by atoms with van der Waals surface area (Å²) in [4.78, 5) is 38.3. The van der Waals surface area contributed by atoms with Gasteiger partial charge in [-0.3, -0.25) is 9.59 Å². The van der Waals surface area contributed by atoms with Crippen LogP contribution in [0.2, 0.25) is 5.02 Å². The number of halogens is 1. The topological polar surface area (TPSA) is 130 Å². The first kappa shape index (κ1) is 27.1. The number of methoxy groups -OCH3 is 1. The Balaban J connectivity index is 1.44. The van der Waals surface area contributed by atoms with Crippen molar-refractivity contribution in [1.29, 1.82) is 0 Å². The molecule has 1 aliphatic rings. The first-order valence-electron chi connectivity index (χ1n) is 12.8. The fourth-order valence-electron chi connectivity index (χ4n) is 5.19. The van der Waals surface area contributed by atoms with Crippen LogP contribution in [-0.2, 0) is 24.2 Å². The van der Waals surface area contributed by atoms with Crippen LogP contribution in [0.25, 0.3) is 10.8 Å². The second-order valence-electron chi connectivity index (χ2n) is 9.71. The van der Waals surface area contributed by atoms with Crippen molar-refractivity contribution >= 4 is 40.1 Å². The Morgan fingerprint density at radius 2 is 1.82 bits per heavy atom. The normalized spacial score (nSPS) is 13.1. The van der Waals surface area contributed by atoms with E-state index in [1.54, 1.807) is 37.4 Å². The number of hydrogen-bond donors (Lipinski definition) is 4. The number of anilines is 1. The quantitative estimate of drug-likeness (QED) is 0.233. The van der Waals surface area contributed by atoms with Crippen molar-refractivity contribution < 1.29 is 24.5 Å². The van der Waals surface area contributed by atoms with Gasteiger partial charge >= 0.3 is 12.0 Å². The molecule has 2 amide bonds. The van der Waals surface area contributed by atoms with Crippen molar-refractivity contribution in [3.63, 3.8) is 0 Å². The zero-order valence-corrected chi connectivity index (χ0v) is 22.5. The average molecular weight is 562 g/mol. The Morgan fingerprint density at radius 1 is 1.07 bits per heavy atom. The van der Waals surface area contributed by atoms with E-state index in [0.29, 0.717) is 40.4 Å². The highest BCUT2D eigenvalue weighted by atomic mass is 35.5. The molecule has 0 saturated carbocycles. The molecular formula is C30H28ClN3O6. The molecule has 3 aromatic carbocycles. The van der Waals surface area contributed by atoms with Crippen molar-refractivity contribution in [1.82, 2.24) is 9.88 Å². The highest BCUT2D eigenvalue weighted by Crippen LogP contribution is 2.34. The first-order chi connectivity index (χ1) is 19.2. The molecule has 1 aromatic heterocycles. The minimum absolute atomic E-state index is 0.181. The standard InChI is InChI=1S/C30H28ClN3O6/c1-40-21-12-11-17-13-19(10-9-18(17)14-21)24(15-26(35)36)32-30(39)33-27-28(37)22-6-4-8-25(22)34(29(27)38)16-20-5-2-3-7-23(20)31/h2-3,5,7,9-14,24,37H,4,6,8,15-16H2,1H3,(H,35,36)(H2,32,33,39)/t24-/m0/s1. The van der Waals surface area contributed by atoms with Gasteiger partial charge in [-0.1, -0.05) is 48.0 Å². The van der Waals surface area contributed by atoms with E-state index in [0.717, 1.165) is 22.8 Å². The van der Waals surface area contributed by atoms with Crippen LogP contribution in [-0.4, -0.2) is 33.9 Å². The van der Waals surface area contributed by atoms with E-state index in [-0.39, 0.29) is 24.4 Å². The number of aromatic nitrogens is 1. The van der Waals surface area contributed by atoms with Gasteiger partial charge in [0.05, 0.1) is 26.1 Å². The number of benzene rings is 3. The summed E-state index contributed by atoms with van der Waals surface area (Å²) >= 11 is 6.34. The fraction of sp³-hybridized carbons (Fsp3) is 0.233. The number of carboxylic acid groups (broad SMARTS) is 1. The Bertz CT molecular complexity index is 1680. The summed E-state index contributed by atoms with van der Waals surface area (Å²) in [7, 11) is 1.57. The van der Waals surface area contributed by atoms with E-state index in [9.17, 15) is 24.6 Å². The molecular weight excluding hydrogens is 534 g/mol. The number of rotatable bonds is 8. The summed E-state index contributed by atoms with van der Waals surface area (Å²) < 4.78 is 6.79. The number of ether oxygens (including phenoxy) is 1. The maximum absolute atomic E-state index is 13.5. The SMILES string of the molecule is COc1ccc2cc([C@H](CC(=O)O)NC(=O)Nc3c(O)c4c(n(Cc5ccccc5Cl)c3=O)CCC4)ccc2c1. The molecule has 206 valence electrons. The minimum atomic E-state index is -1.11. The Kier molecular flexibility index (Phi) is 7.66. The van der Waals surface area contributed by atoms with Gasteiger partial charge in [0, 0.05) is 16.3 Å². The van der Waals surface area contributed by atoms with E-state index in [1.807, 2.05) is 30.3 Å². The van der Waals surface area contributed by atoms with E-state index >= 15 is 0 Å². The highest BCUT2D eigenvalue weighted by Gasteiger charge is 2.27. The Morgan fingerprint density at radius 3 is 2.58 bits per heavy atom. The van der Waals surface area contributed by atoms with Crippen LogP contribution in [0.1, 0.15) is 41.3 Å².